The van der Waals surface area contributed by atoms with Gasteiger partial charge in [0, 0.05) is 0 Å². The van der Waals surface area contributed by atoms with Crippen LogP contribution in [0, 0.1) is 13.8 Å². The lowest BCUT2D eigenvalue weighted by molar-refractivity contribution is -0.114. The van der Waals surface area contributed by atoms with Gasteiger partial charge >= 0.3 is 5.97 Å². The van der Waals surface area contributed by atoms with Gasteiger partial charge in [0.2, 0.25) is 15.9 Å². The van der Waals surface area contributed by atoms with Crippen molar-refractivity contribution in [1.29, 1.82) is 0 Å². The van der Waals surface area contributed by atoms with Crippen LogP contribution in [0.1, 0.15) is 21.5 Å². The zero-order chi connectivity index (χ0) is 21.1. The summed E-state index contributed by atoms with van der Waals surface area (Å²) in [7, 11) is -2.50. The number of hydrogen-bond donors (Lipinski definition) is 1. The van der Waals surface area contributed by atoms with E-state index in [0.29, 0.717) is 10.7 Å². The highest BCUT2D eigenvalue weighted by atomic mass is 35.5. The summed E-state index contributed by atoms with van der Waals surface area (Å²) < 4.78 is 30.0. The molecular weight excluding hydrogens is 404 g/mol. The molecule has 0 bridgehead atoms. The molecule has 2 aromatic rings. The van der Waals surface area contributed by atoms with Crippen molar-refractivity contribution in [3.05, 3.63) is 58.1 Å². The molecular formula is C19H21ClN2O5S. The second-order valence-corrected chi connectivity index (χ2v) is 8.61. The van der Waals surface area contributed by atoms with Crippen molar-refractivity contribution in [3.63, 3.8) is 0 Å². The first kappa shape index (κ1) is 21.7. The highest BCUT2D eigenvalue weighted by Crippen LogP contribution is 2.27. The molecule has 7 nitrogen and oxygen atoms in total. The molecule has 150 valence electrons. The predicted octanol–water partition coefficient (Wildman–Crippen LogP) is 3.15. The molecule has 0 aliphatic heterocycles. The largest absolute Gasteiger partial charge is 0.465 e. The fraction of sp³-hybridized carbons (Fsp3) is 0.263. The van der Waals surface area contributed by atoms with Gasteiger partial charge in [-0.25, -0.2) is 13.2 Å². The highest BCUT2D eigenvalue weighted by Gasteiger charge is 2.22. The van der Waals surface area contributed by atoms with Crippen LogP contribution in [0.3, 0.4) is 0 Å². The minimum atomic E-state index is -3.75. The number of amides is 1. The molecule has 0 aromatic heterocycles. The molecule has 0 heterocycles. The van der Waals surface area contributed by atoms with Crippen LogP contribution in [0.15, 0.2) is 36.4 Å². The maximum absolute atomic E-state index is 12.5. The fourth-order valence-electron chi connectivity index (χ4n) is 2.67. The third kappa shape index (κ3) is 5.24. The molecule has 0 aliphatic carbocycles. The number of hydrogen-bond acceptors (Lipinski definition) is 5. The van der Waals surface area contributed by atoms with E-state index in [0.717, 1.165) is 21.7 Å². The number of rotatable bonds is 6. The van der Waals surface area contributed by atoms with Crippen molar-refractivity contribution in [1.82, 2.24) is 0 Å². The van der Waals surface area contributed by atoms with Crippen LogP contribution in [-0.4, -0.2) is 40.2 Å². The Morgan fingerprint density at radius 2 is 1.75 bits per heavy atom. The smallest absolute Gasteiger partial charge is 0.337 e. The minimum Gasteiger partial charge on any atom is -0.465 e. The Hall–Kier alpha value is -2.58. The molecule has 1 N–H and O–H groups in total. The van der Waals surface area contributed by atoms with Crippen LogP contribution in [-0.2, 0) is 19.6 Å². The Balaban J connectivity index is 2.26. The predicted molar refractivity (Wildman–Crippen MR) is 110 cm³/mol. The molecule has 0 aliphatic rings. The van der Waals surface area contributed by atoms with Crippen molar-refractivity contribution in [2.45, 2.75) is 13.8 Å². The number of ether oxygens (including phenoxy) is 1. The average molecular weight is 425 g/mol. The van der Waals surface area contributed by atoms with E-state index in [9.17, 15) is 18.0 Å². The molecule has 2 aromatic carbocycles. The summed E-state index contributed by atoms with van der Waals surface area (Å²) in [5.74, 6) is -1.09. The molecule has 0 atom stereocenters. The lowest BCUT2D eigenvalue weighted by Gasteiger charge is -2.22. The van der Waals surface area contributed by atoms with Gasteiger partial charge in [0.15, 0.2) is 0 Å². The molecule has 0 fully saturated rings. The first-order valence-corrected chi connectivity index (χ1v) is 10.5. The molecule has 0 radical (unpaired) electrons. The second-order valence-electron chi connectivity index (χ2n) is 6.29. The summed E-state index contributed by atoms with van der Waals surface area (Å²) in [4.78, 5) is 24.0. The van der Waals surface area contributed by atoms with E-state index in [-0.39, 0.29) is 11.3 Å². The summed E-state index contributed by atoms with van der Waals surface area (Å²) in [5.41, 5.74) is 2.67. The van der Waals surface area contributed by atoms with Gasteiger partial charge in [0.25, 0.3) is 0 Å². The number of carbonyl (C=O) groups is 2. The molecule has 9 heteroatoms. The Kier molecular flexibility index (Phi) is 6.69. The summed E-state index contributed by atoms with van der Waals surface area (Å²) in [6.07, 6.45) is 0.999. The van der Waals surface area contributed by atoms with Crippen LogP contribution in [0.5, 0.6) is 0 Å². The lowest BCUT2D eigenvalue weighted by atomic mass is 10.1. The summed E-state index contributed by atoms with van der Waals surface area (Å²) in [6, 6.07) is 9.30. The van der Waals surface area contributed by atoms with Crippen LogP contribution in [0.4, 0.5) is 11.4 Å². The number of aryl methyl sites for hydroxylation is 2. The third-order valence-corrected chi connectivity index (χ3v) is 5.40. The molecule has 28 heavy (non-hydrogen) atoms. The zero-order valence-corrected chi connectivity index (χ0v) is 17.5. The third-order valence-electron chi connectivity index (χ3n) is 3.96. The van der Waals surface area contributed by atoms with E-state index >= 15 is 0 Å². The topological polar surface area (TPSA) is 92.8 Å². The standard InChI is InChI=1S/C19H21ClN2O5S/c1-12-9-13(2)18(16(20)10-12)21-17(23)11-22(28(4,25)26)15-7-5-14(6-8-15)19(24)27-3/h5-10H,11H2,1-4H3,(H,21,23). The first-order valence-electron chi connectivity index (χ1n) is 8.25. The molecule has 0 saturated carbocycles. The van der Waals surface area contributed by atoms with Gasteiger partial charge in [0.1, 0.15) is 6.54 Å². The quantitative estimate of drug-likeness (QED) is 0.719. The number of anilines is 2. The Bertz CT molecular complexity index is 980. The van der Waals surface area contributed by atoms with Crippen molar-refractivity contribution in [2.24, 2.45) is 0 Å². The van der Waals surface area contributed by atoms with E-state index in [1.807, 2.05) is 13.0 Å². The molecule has 2 rings (SSSR count). The van der Waals surface area contributed by atoms with Crippen LogP contribution in [0.25, 0.3) is 0 Å². The Morgan fingerprint density at radius 1 is 1.14 bits per heavy atom. The highest BCUT2D eigenvalue weighted by molar-refractivity contribution is 7.92. The number of sulfonamides is 1. The van der Waals surface area contributed by atoms with Crippen molar-refractivity contribution in [3.8, 4) is 0 Å². The normalized spacial score (nSPS) is 11.0. The van der Waals surface area contributed by atoms with E-state index in [1.54, 1.807) is 13.0 Å². The van der Waals surface area contributed by atoms with Crippen LogP contribution in [0.2, 0.25) is 5.02 Å². The van der Waals surface area contributed by atoms with Gasteiger partial charge in [-0.1, -0.05) is 17.7 Å². The van der Waals surface area contributed by atoms with Gasteiger partial charge in [-0.15, -0.1) is 0 Å². The number of benzene rings is 2. The summed E-state index contributed by atoms with van der Waals surface area (Å²) in [5, 5.41) is 3.04. The minimum absolute atomic E-state index is 0.247. The number of halogens is 1. The molecule has 0 spiro atoms. The zero-order valence-electron chi connectivity index (χ0n) is 15.9. The van der Waals surface area contributed by atoms with E-state index in [4.69, 9.17) is 11.6 Å². The molecule has 0 saturated heterocycles. The first-order chi connectivity index (χ1) is 13.0. The average Bonchev–Trinajstić information content (AvgIpc) is 2.61. The SMILES string of the molecule is COC(=O)c1ccc(N(CC(=O)Nc2c(C)cc(C)cc2Cl)S(C)(=O)=O)cc1. The summed E-state index contributed by atoms with van der Waals surface area (Å²) in [6.45, 7) is 3.24. The Morgan fingerprint density at radius 3 is 2.25 bits per heavy atom. The Labute approximate surface area is 169 Å². The van der Waals surface area contributed by atoms with E-state index in [1.165, 1.54) is 31.4 Å². The van der Waals surface area contributed by atoms with Crippen molar-refractivity contribution >= 4 is 44.9 Å². The van der Waals surface area contributed by atoms with Crippen molar-refractivity contribution in [2.75, 3.05) is 29.5 Å². The van der Waals surface area contributed by atoms with Crippen LogP contribution < -0.4 is 9.62 Å². The summed E-state index contributed by atoms with van der Waals surface area (Å²) >= 11 is 6.19. The van der Waals surface area contributed by atoms with Crippen molar-refractivity contribution < 1.29 is 22.7 Å². The van der Waals surface area contributed by atoms with Gasteiger partial charge < -0.3 is 10.1 Å². The van der Waals surface area contributed by atoms with Crippen LogP contribution >= 0.6 is 11.6 Å². The maximum atomic E-state index is 12.5. The van der Waals surface area contributed by atoms with E-state index < -0.39 is 28.4 Å². The van der Waals surface area contributed by atoms with E-state index in [2.05, 4.69) is 10.1 Å². The maximum Gasteiger partial charge on any atom is 0.337 e. The monoisotopic (exact) mass is 424 g/mol. The number of methoxy groups -OCH3 is 1. The molecule has 1 amide bonds. The van der Waals surface area contributed by atoms with Gasteiger partial charge in [-0.05, 0) is 55.3 Å². The number of esters is 1. The molecule has 0 unspecified atom stereocenters. The van der Waals surface area contributed by atoms with Gasteiger partial charge in [-0.3, -0.25) is 9.10 Å². The second kappa shape index (κ2) is 8.62. The number of nitrogens with zero attached hydrogens (tertiary/aromatic N) is 1. The lowest BCUT2D eigenvalue weighted by Crippen LogP contribution is -2.37. The van der Waals surface area contributed by atoms with Gasteiger partial charge in [-0.2, -0.15) is 0 Å². The fourth-order valence-corrected chi connectivity index (χ4v) is 3.89. The van der Waals surface area contributed by atoms with Gasteiger partial charge in [0.05, 0.1) is 35.3 Å². The number of carbonyl (C=O) groups excluding carboxylic acids is 2. The number of nitrogens with one attached hydrogen (secondary N) is 1.